The van der Waals surface area contributed by atoms with Crippen LogP contribution in [-0.2, 0) is 9.53 Å². The van der Waals surface area contributed by atoms with Crippen LogP contribution in [0.15, 0.2) is 15.7 Å². The van der Waals surface area contributed by atoms with Crippen molar-refractivity contribution in [2.24, 2.45) is 11.8 Å². The van der Waals surface area contributed by atoms with Crippen molar-refractivity contribution in [3.05, 3.63) is 32.6 Å². The normalized spacial score (nSPS) is 24.0. The molecule has 3 atom stereocenters. The fourth-order valence-electron chi connectivity index (χ4n) is 2.82. The van der Waals surface area contributed by atoms with E-state index >= 15 is 0 Å². The highest BCUT2D eigenvalue weighted by Gasteiger charge is 2.28. The predicted octanol–water partition coefficient (Wildman–Crippen LogP) is 0.161. The molecule has 8 nitrogen and oxygen atoms in total. The molecule has 1 heterocycles. The molecule has 0 bridgehead atoms. The molecule has 0 spiro atoms. The van der Waals surface area contributed by atoms with Gasteiger partial charge in [-0.3, -0.25) is 14.6 Å². The van der Waals surface area contributed by atoms with Gasteiger partial charge in [0.05, 0.1) is 0 Å². The lowest BCUT2D eigenvalue weighted by molar-refractivity contribution is -0.125. The average Bonchev–Trinajstić information content (AvgIpc) is 2.48. The third-order valence-corrected chi connectivity index (χ3v) is 4.37. The zero-order valence-corrected chi connectivity index (χ0v) is 13.2. The SMILES string of the molecule is C[C@@H]1[C@H](C)CCC[C@@H]1NC(=O)COC(=O)c1cc(=O)[nH]c(=O)[nH]1. The summed E-state index contributed by atoms with van der Waals surface area (Å²) in [5.74, 6) is -0.407. The molecule has 2 rings (SSSR count). The van der Waals surface area contributed by atoms with Gasteiger partial charge in [0.2, 0.25) is 0 Å². The van der Waals surface area contributed by atoms with Crippen LogP contribution in [-0.4, -0.2) is 34.5 Å². The minimum absolute atomic E-state index is 0.0735. The van der Waals surface area contributed by atoms with Crippen molar-refractivity contribution in [2.75, 3.05) is 6.61 Å². The van der Waals surface area contributed by atoms with Gasteiger partial charge in [-0.15, -0.1) is 0 Å². The van der Waals surface area contributed by atoms with E-state index in [0.717, 1.165) is 25.3 Å². The van der Waals surface area contributed by atoms with Gasteiger partial charge in [0.15, 0.2) is 6.61 Å². The third kappa shape index (κ3) is 4.54. The van der Waals surface area contributed by atoms with Crippen molar-refractivity contribution in [3.8, 4) is 0 Å². The third-order valence-electron chi connectivity index (χ3n) is 4.37. The van der Waals surface area contributed by atoms with E-state index in [9.17, 15) is 19.2 Å². The Morgan fingerprint density at radius 2 is 2.00 bits per heavy atom. The van der Waals surface area contributed by atoms with Gasteiger partial charge in [-0.05, 0) is 18.3 Å². The molecule has 3 N–H and O–H groups in total. The molecule has 0 unspecified atom stereocenters. The Balaban J connectivity index is 1.87. The summed E-state index contributed by atoms with van der Waals surface area (Å²) < 4.78 is 4.83. The Bertz CT molecular complexity index is 665. The summed E-state index contributed by atoms with van der Waals surface area (Å²) in [6.07, 6.45) is 3.12. The molecule has 1 aromatic heterocycles. The first-order chi connectivity index (χ1) is 10.9. The zero-order chi connectivity index (χ0) is 17.0. The van der Waals surface area contributed by atoms with Crippen molar-refractivity contribution >= 4 is 11.9 Å². The number of rotatable bonds is 4. The number of amides is 1. The van der Waals surface area contributed by atoms with Gasteiger partial charge in [-0.1, -0.05) is 26.7 Å². The van der Waals surface area contributed by atoms with Crippen LogP contribution in [0.2, 0.25) is 0 Å². The van der Waals surface area contributed by atoms with Gasteiger partial charge in [0.25, 0.3) is 11.5 Å². The van der Waals surface area contributed by atoms with E-state index in [1.54, 1.807) is 0 Å². The highest BCUT2D eigenvalue weighted by atomic mass is 16.5. The van der Waals surface area contributed by atoms with E-state index in [2.05, 4.69) is 24.1 Å². The van der Waals surface area contributed by atoms with Crippen molar-refractivity contribution in [1.82, 2.24) is 15.3 Å². The Hall–Kier alpha value is -2.38. The number of esters is 1. The van der Waals surface area contributed by atoms with Crippen molar-refractivity contribution in [1.29, 1.82) is 0 Å². The van der Waals surface area contributed by atoms with E-state index in [0.29, 0.717) is 11.8 Å². The largest absolute Gasteiger partial charge is 0.451 e. The molecule has 8 heteroatoms. The zero-order valence-electron chi connectivity index (χ0n) is 13.2. The van der Waals surface area contributed by atoms with Crippen LogP contribution < -0.4 is 16.6 Å². The second-order valence-corrected chi connectivity index (χ2v) is 6.02. The molecule has 126 valence electrons. The van der Waals surface area contributed by atoms with Gasteiger partial charge in [0.1, 0.15) is 5.69 Å². The fourth-order valence-corrected chi connectivity index (χ4v) is 2.82. The minimum atomic E-state index is -0.923. The Kier molecular flexibility index (Phi) is 5.36. The number of aromatic amines is 2. The lowest BCUT2D eigenvalue weighted by Crippen LogP contribution is -2.45. The van der Waals surface area contributed by atoms with Gasteiger partial charge < -0.3 is 15.0 Å². The van der Waals surface area contributed by atoms with Crippen LogP contribution in [0, 0.1) is 11.8 Å². The first kappa shape index (κ1) is 17.0. The Morgan fingerprint density at radius 1 is 1.26 bits per heavy atom. The highest BCUT2D eigenvalue weighted by Crippen LogP contribution is 2.29. The predicted molar refractivity (Wildman–Crippen MR) is 82.1 cm³/mol. The highest BCUT2D eigenvalue weighted by molar-refractivity contribution is 5.89. The Morgan fingerprint density at radius 3 is 2.70 bits per heavy atom. The molecule has 1 aliphatic rings. The summed E-state index contributed by atoms with van der Waals surface area (Å²) in [5.41, 5.74) is -1.81. The summed E-state index contributed by atoms with van der Waals surface area (Å²) in [4.78, 5) is 49.9. The number of nitrogens with one attached hydrogen (secondary N) is 3. The number of H-pyrrole nitrogens is 2. The van der Waals surface area contributed by atoms with Crippen LogP contribution in [0.3, 0.4) is 0 Å². The number of carbonyl (C=O) groups excluding carboxylic acids is 2. The average molecular weight is 323 g/mol. The molecular formula is C15H21N3O5. The summed E-state index contributed by atoms with van der Waals surface area (Å²) >= 11 is 0. The molecule has 0 aromatic carbocycles. The van der Waals surface area contributed by atoms with Gasteiger partial charge >= 0.3 is 11.7 Å². The Labute approximate surface area is 132 Å². The first-order valence-electron chi connectivity index (χ1n) is 7.67. The van der Waals surface area contributed by atoms with Gasteiger partial charge in [-0.2, -0.15) is 0 Å². The van der Waals surface area contributed by atoms with E-state index < -0.39 is 29.7 Å². The lowest BCUT2D eigenvalue weighted by atomic mass is 9.78. The van der Waals surface area contributed by atoms with Crippen LogP contribution in [0.1, 0.15) is 43.6 Å². The van der Waals surface area contributed by atoms with E-state index in [1.165, 1.54) is 0 Å². The second kappa shape index (κ2) is 7.26. The van der Waals surface area contributed by atoms with Crippen LogP contribution in [0.5, 0.6) is 0 Å². The number of ether oxygens (including phenoxy) is 1. The van der Waals surface area contributed by atoms with Crippen molar-refractivity contribution < 1.29 is 14.3 Å². The van der Waals surface area contributed by atoms with Gasteiger partial charge in [-0.25, -0.2) is 9.59 Å². The second-order valence-electron chi connectivity index (χ2n) is 6.02. The number of aromatic nitrogens is 2. The maximum absolute atomic E-state index is 11.9. The molecular weight excluding hydrogens is 302 g/mol. The molecule has 23 heavy (non-hydrogen) atoms. The smallest absolute Gasteiger partial charge is 0.355 e. The fraction of sp³-hybridized carbons (Fsp3) is 0.600. The van der Waals surface area contributed by atoms with E-state index in [-0.39, 0.29) is 11.7 Å². The number of hydrogen-bond donors (Lipinski definition) is 3. The first-order valence-corrected chi connectivity index (χ1v) is 7.67. The van der Waals surface area contributed by atoms with Crippen LogP contribution in [0.25, 0.3) is 0 Å². The lowest BCUT2D eigenvalue weighted by Gasteiger charge is -2.34. The minimum Gasteiger partial charge on any atom is -0.451 e. The van der Waals surface area contributed by atoms with Crippen LogP contribution in [0.4, 0.5) is 0 Å². The summed E-state index contributed by atoms with van der Waals surface area (Å²) in [7, 11) is 0. The van der Waals surface area contributed by atoms with Crippen LogP contribution >= 0.6 is 0 Å². The maximum Gasteiger partial charge on any atom is 0.355 e. The molecule has 0 aliphatic heterocycles. The van der Waals surface area contributed by atoms with E-state index in [4.69, 9.17) is 4.74 Å². The topological polar surface area (TPSA) is 121 Å². The molecule has 1 aromatic rings. The van der Waals surface area contributed by atoms with Crippen molar-refractivity contribution in [3.63, 3.8) is 0 Å². The van der Waals surface area contributed by atoms with Gasteiger partial charge in [0, 0.05) is 12.1 Å². The van der Waals surface area contributed by atoms with E-state index in [1.807, 2.05) is 4.98 Å². The number of carbonyl (C=O) groups is 2. The molecule has 1 amide bonds. The molecule has 0 saturated heterocycles. The summed E-state index contributed by atoms with van der Waals surface area (Å²) in [5, 5.41) is 2.87. The molecule has 1 saturated carbocycles. The quantitative estimate of drug-likeness (QED) is 0.682. The standard InChI is InChI=1S/C15H21N3O5/c1-8-4-3-5-10(9(8)2)16-13(20)7-23-14(21)11-6-12(19)18-15(22)17-11/h6,8-10H,3-5,7H2,1-2H3,(H,16,20)(H2,17,18,19,22)/t8-,9-,10+/m1/s1. The molecule has 1 fully saturated rings. The monoisotopic (exact) mass is 323 g/mol. The number of hydrogen-bond acceptors (Lipinski definition) is 5. The summed E-state index contributed by atoms with van der Waals surface area (Å²) in [6, 6.07) is 0.983. The maximum atomic E-state index is 11.9. The summed E-state index contributed by atoms with van der Waals surface area (Å²) in [6.45, 7) is 3.80. The van der Waals surface area contributed by atoms with Crippen molar-refractivity contribution in [2.45, 2.75) is 39.2 Å². The molecule has 1 aliphatic carbocycles. The molecule has 0 radical (unpaired) electrons.